The first-order valence-electron chi connectivity index (χ1n) is 7.32. The molecule has 0 aromatic rings. The van der Waals surface area contributed by atoms with Gasteiger partial charge in [0, 0.05) is 25.7 Å². The lowest BCUT2D eigenvalue weighted by Gasteiger charge is -2.32. The largest absolute Gasteiger partial charge is 0.377 e. The Balaban J connectivity index is 2.13. The average molecular weight is 254 g/mol. The molecule has 1 aliphatic heterocycles. The second-order valence-corrected chi connectivity index (χ2v) is 5.53. The number of piperidine rings is 1. The average Bonchev–Trinajstić information content (AvgIpc) is 2.35. The molecule has 0 bridgehead atoms. The molecule has 18 heavy (non-hydrogen) atoms. The van der Waals surface area contributed by atoms with Gasteiger partial charge in [-0.05, 0) is 53.6 Å². The normalized spacial score (nSPS) is 19.8. The number of nitrogens with zero attached hydrogens (tertiary/aromatic N) is 1. The first kappa shape index (κ1) is 15.7. The summed E-state index contributed by atoms with van der Waals surface area (Å²) < 4.78 is 5.54. The molecule has 3 nitrogen and oxygen atoms in total. The minimum absolute atomic E-state index is 0.332. The predicted octanol–water partition coefficient (Wildman–Crippen LogP) is 2.43. The Hall–Kier alpha value is -0.380. The van der Waals surface area contributed by atoms with Crippen LogP contribution in [0.1, 0.15) is 40.5 Å². The first-order chi connectivity index (χ1) is 8.61. The summed E-state index contributed by atoms with van der Waals surface area (Å²) in [7, 11) is 0. The van der Waals surface area contributed by atoms with Gasteiger partial charge in [0.25, 0.3) is 0 Å². The zero-order chi connectivity index (χ0) is 13.4. The zero-order valence-electron chi connectivity index (χ0n) is 12.5. The van der Waals surface area contributed by atoms with Crippen LogP contribution >= 0.6 is 0 Å². The van der Waals surface area contributed by atoms with E-state index in [0.717, 1.165) is 19.7 Å². The number of hydrogen-bond donors (Lipinski definition) is 1. The van der Waals surface area contributed by atoms with Gasteiger partial charge in [-0.2, -0.15) is 0 Å². The van der Waals surface area contributed by atoms with E-state index in [1.807, 2.05) is 0 Å². The number of likely N-dealkylation sites (tertiary alicyclic amines) is 1. The van der Waals surface area contributed by atoms with E-state index in [9.17, 15) is 0 Å². The Morgan fingerprint density at radius 3 is 2.61 bits per heavy atom. The molecule has 0 aromatic carbocycles. The fourth-order valence-corrected chi connectivity index (χ4v) is 2.31. The molecule has 0 spiro atoms. The van der Waals surface area contributed by atoms with Gasteiger partial charge in [-0.3, -0.25) is 4.90 Å². The quantitative estimate of drug-likeness (QED) is 0.706. The molecule has 0 radical (unpaired) electrons. The lowest BCUT2D eigenvalue weighted by atomic mass is 10.0. The predicted molar refractivity (Wildman–Crippen MR) is 78.0 cm³/mol. The minimum Gasteiger partial charge on any atom is -0.377 e. The van der Waals surface area contributed by atoms with Crippen molar-refractivity contribution in [3.8, 4) is 0 Å². The van der Waals surface area contributed by atoms with E-state index in [1.54, 1.807) is 0 Å². The van der Waals surface area contributed by atoms with Gasteiger partial charge >= 0.3 is 0 Å². The van der Waals surface area contributed by atoms with Crippen LogP contribution in [0.5, 0.6) is 0 Å². The minimum atomic E-state index is 0.332. The molecule has 1 heterocycles. The fraction of sp³-hybridized carbons (Fsp3) is 0.867. The summed E-state index contributed by atoms with van der Waals surface area (Å²) in [5, 5.41) is 3.62. The second-order valence-electron chi connectivity index (χ2n) is 5.53. The van der Waals surface area contributed by atoms with E-state index >= 15 is 0 Å². The van der Waals surface area contributed by atoms with E-state index in [2.05, 4.69) is 44.0 Å². The molecule has 1 fully saturated rings. The van der Waals surface area contributed by atoms with Crippen molar-refractivity contribution in [3.05, 3.63) is 11.6 Å². The summed E-state index contributed by atoms with van der Waals surface area (Å²) >= 11 is 0. The van der Waals surface area contributed by atoms with Crippen molar-refractivity contribution >= 4 is 0 Å². The monoisotopic (exact) mass is 254 g/mol. The van der Waals surface area contributed by atoms with Crippen LogP contribution in [0.25, 0.3) is 0 Å². The van der Waals surface area contributed by atoms with Gasteiger partial charge in [-0.25, -0.2) is 0 Å². The van der Waals surface area contributed by atoms with Crippen LogP contribution in [0.2, 0.25) is 0 Å². The number of ether oxygens (including phenoxy) is 1. The second kappa shape index (κ2) is 8.68. The van der Waals surface area contributed by atoms with Crippen LogP contribution in [0.4, 0.5) is 0 Å². The summed E-state index contributed by atoms with van der Waals surface area (Å²) in [6, 6.07) is 0.677. The Morgan fingerprint density at radius 2 is 2.06 bits per heavy atom. The van der Waals surface area contributed by atoms with Crippen molar-refractivity contribution in [1.82, 2.24) is 10.2 Å². The van der Waals surface area contributed by atoms with Gasteiger partial charge in [0.15, 0.2) is 0 Å². The van der Waals surface area contributed by atoms with Crippen LogP contribution in [-0.4, -0.2) is 49.8 Å². The van der Waals surface area contributed by atoms with Gasteiger partial charge in [0.1, 0.15) is 0 Å². The van der Waals surface area contributed by atoms with E-state index in [4.69, 9.17) is 4.74 Å². The maximum absolute atomic E-state index is 5.54. The van der Waals surface area contributed by atoms with Gasteiger partial charge in [-0.15, -0.1) is 0 Å². The highest BCUT2D eigenvalue weighted by Crippen LogP contribution is 2.10. The van der Waals surface area contributed by atoms with Crippen LogP contribution < -0.4 is 5.32 Å². The van der Waals surface area contributed by atoms with Crippen molar-refractivity contribution in [2.75, 3.05) is 32.8 Å². The molecule has 1 N–H and O–H groups in total. The third-order valence-electron chi connectivity index (χ3n) is 3.49. The van der Waals surface area contributed by atoms with E-state index in [0.29, 0.717) is 12.1 Å². The standard InChI is InChI=1S/C15H30N2O/c1-5-18-14(4)12-16-15-7-10-17(11-8-15)9-6-13(2)3/h6,14-16H,5,7-12H2,1-4H3. The van der Waals surface area contributed by atoms with Gasteiger partial charge < -0.3 is 10.1 Å². The van der Waals surface area contributed by atoms with E-state index < -0.39 is 0 Å². The Morgan fingerprint density at radius 1 is 1.39 bits per heavy atom. The first-order valence-corrected chi connectivity index (χ1v) is 7.32. The highest BCUT2D eigenvalue weighted by Gasteiger charge is 2.18. The number of allylic oxidation sites excluding steroid dienone is 1. The Bertz CT molecular complexity index is 241. The summed E-state index contributed by atoms with van der Waals surface area (Å²) in [6.45, 7) is 13.9. The molecule has 1 atom stereocenters. The van der Waals surface area contributed by atoms with Crippen LogP contribution in [0.15, 0.2) is 11.6 Å². The lowest BCUT2D eigenvalue weighted by molar-refractivity contribution is 0.0712. The molecule has 1 unspecified atom stereocenters. The Labute approximate surface area is 113 Å². The third-order valence-corrected chi connectivity index (χ3v) is 3.49. The topological polar surface area (TPSA) is 24.5 Å². The fourth-order valence-electron chi connectivity index (χ4n) is 2.31. The summed E-state index contributed by atoms with van der Waals surface area (Å²) in [5.41, 5.74) is 1.42. The maximum atomic E-state index is 5.54. The molecule has 1 rings (SSSR count). The van der Waals surface area contributed by atoms with Gasteiger partial charge in [0.05, 0.1) is 6.10 Å². The van der Waals surface area contributed by atoms with Crippen molar-refractivity contribution < 1.29 is 4.74 Å². The molecule has 106 valence electrons. The number of rotatable bonds is 7. The van der Waals surface area contributed by atoms with Crippen molar-refractivity contribution in [1.29, 1.82) is 0 Å². The third kappa shape index (κ3) is 6.53. The highest BCUT2D eigenvalue weighted by molar-refractivity contribution is 4.95. The van der Waals surface area contributed by atoms with Crippen molar-refractivity contribution in [2.45, 2.75) is 52.7 Å². The van der Waals surface area contributed by atoms with E-state index in [-0.39, 0.29) is 0 Å². The SMILES string of the molecule is CCOC(C)CNC1CCN(CC=C(C)C)CC1. The van der Waals surface area contributed by atoms with Crippen LogP contribution in [0, 0.1) is 0 Å². The lowest BCUT2D eigenvalue weighted by Crippen LogP contribution is -2.44. The van der Waals surface area contributed by atoms with Crippen LogP contribution in [-0.2, 0) is 4.74 Å². The summed E-state index contributed by atoms with van der Waals surface area (Å²) in [6.07, 6.45) is 5.18. The molecule has 0 saturated carbocycles. The van der Waals surface area contributed by atoms with E-state index in [1.165, 1.54) is 31.5 Å². The molecular formula is C15H30N2O. The van der Waals surface area contributed by atoms with Crippen LogP contribution in [0.3, 0.4) is 0 Å². The molecule has 1 aliphatic rings. The molecule has 3 heteroatoms. The smallest absolute Gasteiger partial charge is 0.0671 e. The Kier molecular flexibility index (Phi) is 7.56. The van der Waals surface area contributed by atoms with Crippen molar-refractivity contribution in [2.24, 2.45) is 0 Å². The molecule has 0 aliphatic carbocycles. The zero-order valence-corrected chi connectivity index (χ0v) is 12.5. The molecular weight excluding hydrogens is 224 g/mol. The molecule has 0 aromatic heterocycles. The summed E-state index contributed by atoms with van der Waals surface area (Å²) in [5.74, 6) is 0. The van der Waals surface area contributed by atoms with Gasteiger partial charge in [0.2, 0.25) is 0 Å². The molecule has 1 saturated heterocycles. The highest BCUT2D eigenvalue weighted by atomic mass is 16.5. The summed E-state index contributed by atoms with van der Waals surface area (Å²) in [4.78, 5) is 2.54. The number of nitrogens with one attached hydrogen (secondary N) is 1. The maximum Gasteiger partial charge on any atom is 0.0671 e. The number of hydrogen-bond acceptors (Lipinski definition) is 3. The van der Waals surface area contributed by atoms with Gasteiger partial charge in [-0.1, -0.05) is 11.6 Å². The molecule has 0 amide bonds. The van der Waals surface area contributed by atoms with Crippen molar-refractivity contribution in [3.63, 3.8) is 0 Å².